The summed E-state index contributed by atoms with van der Waals surface area (Å²) in [6, 6.07) is 4.41. The molecule has 0 saturated carbocycles. The van der Waals surface area contributed by atoms with Crippen molar-refractivity contribution in [1.29, 1.82) is 0 Å². The van der Waals surface area contributed by atoms with E-state index in [1.54, 1.807) is 28.8 Å². The van der Waals surface area contributed by atoms with E-state index >= 15 is 0 Å². The first-order valence-corrected chi connectivity index (χ1v) is 12.6. The summed E-state index contributed by atoms with van der Waals surface area (Å²) in [6.45, 7) is 8.38. The summed E-state index contributed by atoms with van der Waals surface area (Å²) in [5.41, 5.74) is 7.05. The van der Waals surface area contributed by atoms with Gasteiger partial charge in [-0.25, -0.2) is 18.9 Å². The number of piperidine rings is 1. The summed E-state index contributed by atoms with van der Waals surface area (Å²) >= 11 is 12.4. The van der Waals surface area contributed by atoms with Crippen molar-refractivity contribution in [3.63, 3.8) is 0 Å². The maximum absolute atomic E-state index is 14.0. The van der Waals surface area contributed by atoms with Gasteiger partial charge >= 0.3 is 6.09 Å². The van der Waals surface area contributed by atoms with Crippen LogP contribution >= 0.6 is 23.2 Å². The Bertz CT molecular complexity index is 1290. The zero-order valence-electron chi connectivity index (χ0n) is 21.0. The molecule has 1 atom stereocenters. The van der Waals surface area contributed by atoms with Crippen molar-refractivity contribution in [3.8, 4) is 17.0 Å². The highest BCUT2D eigenvalue weighted by Crippen LogP contribution is 2.37. The molecule has 9 nitrogen and oxygen atoms in total. The fourth-order valence-electron chi connectivity index (χ4n) is 4.08. The van der Waals surface area contributed by atoms with E-state index in [-0.39, 0.29) is 33.7 Å². The van der Waals surface area contributed by atoms with Gasteiger partial charge in [0.2, 0.25) is 0 Å². The van der Waals surface area contributed by atoms with Crippen LogP contribution in [0.15, 0.2) is 30.6 Å². The summed E-state index contributed by atoms with van der Waals surface area (Å²) < 4.78 is 27.2. The van der Waals surface area contributed by atoms with Crippen LogP contribution in [0, 0.1) is 5.82 Å². The molecule has 198 valence electrons. The van der Waals surface area contributed by atoms with Crippen LogP contribution in [-0.2, 0) is 4.74 Å². The fraction of sp³-hybridized carbons (Fsp3) is 0.440. The lowest BCUT2D eigenvalue weighted by atomic mass is 10.1. The lowest BCUT2D eigenvalue weighted by Crippen LogP contribution is -2.42. The third kappa shape index (κ3) is 6.24. The van der Waals surface area contributed by atoms with Crippen LogP contribution in [0.3, 0.4) is 0 Å². The number of likely N-dealkylation sites (tertiary alicyclic amines) is 1. The number of hydrogen-bond donors (Lipinski definition) is 1. The molecule has 0 aliphatic carbocycles. The Kier molecular flexibility index (Phi) is 7.80. The van der Waals surface area contributed by atoms with Crippen molar-refractivity contribution in [3.05, 3.63) is 52.0 Å². The number of carbonyl (C=O) groups is 1. The smallest absolute Gasteiger partial charge is 0.410 e. The minimum absolute atomic E-state index is 0.0923. The van der Waals surface area contributed by atoms with Crippen LogP contribution in [0.1, 0.15) is 58.2 Å². The minimum Gasteiger partial charge on any atom is -0.482 e. The molecule has 0 bridgehead atoms. The maximum Gasteiger partial charge on any atom is 0.410 e. The molecule has 3 heterocycles. The van der Waals surface area contributed by atoms with Gasteiger partial charge in [0.05, 0.1) is 17.3 Å². The third-order valence-corrected chi connectivity index (χ3v) is 6.68. The fourth-order valence-corrected chi connectivity index (χ4v) is 4.76. The minimum atomic E-state index is -0.694. The van der Waals surface area contributed by atoms with Crippen molar-refractivity contribution in [2.45, 2.75) is 58.3 Å². The van der Waals surface area contributed by atoms with E-state index in [1.165, 1.54) is 12.1 Å². The van der Waals surface area contributed by atoms with Crippen LogP contribution in [0.4, 0.5) is 15.0 Å². The van der Waals surface area contributed by atoms with E-state index in [2.05, 4.69) is 15.3 Å². The maximum atomic E-state index is 14.0. The Morgan fingerprint density at radius 2 is 1.95 bits per heavy atom. The number of pyridine rings is 1. The largest absolute Gasteiger partial charge is 0.482 e. The van der Waals surface area contributed by atoms with Gasteiger partial charge in [-0.15, -0.1) is 5.10 Å². The molecule has 0 radical (unpaired) electrons. The second-order valence-electron chi connectivity index (χ2n) is 9.91. The number of benzene rings is 1. The molecule has 1 aromatic carbocycles. The Morgan fingerprint density at radius 3 is 2.62 bits per heavy atom. The number of aromatic nitrogens is 4. The Labute approximate surface area is 224 Å². The zero-order chi connectivity index (χ0) is 26.9. The van der Waals surface area contributed by atoms with E-state index < -0.39 is 17.5 Å². The summed E-state index contributed by atoms with van der Waals surface area (Å²) in [7, 11) is 0. The van der Waals surface area contributed by atoms with Gasteiger partial charge in [-0.3, -0.25) is 0 Å². The lowest BCUT2D eigenvalue weighted by Gasteiger charge is -2.33. The molecule has 1 fully saturated rings. The lowest BCUT2D eigenvalue weighted by molar-refractivity contribution is 0.0184. The highest BCUT2D eigenvalue weighted by atomic mass is 35.5. The number of ether oxygens (including phenoxy) is 2. The quantitative estimate of drug-likeness (QED) is 0.383. The van der Waals surface area contributed by atoms with Gasteiger partial charge in [-0.2, -0.15) is 0 Å². The van der Waals surface area contributed by atoms with Crippen LogP contribution in [0.2, 0.25) is 10.0 Å². The van der Waals surface area contributed by atoms with Crippen molar-refractivity contribution < 1.29 is 18.7 Å². The zero-order valence-corrected chi connectivity index (χ0v) is 22.6. The molecule has 3 aromatic rings. The van der Waals surface area contributed by atoms with Crippen molar-refractivity contribution in [2.24, 2.45) is 0 Å². The Hall–Kier alpha value is -3.11. The van der Waals surface area contributed by atoms with Crippen molar-refractivity contribution in [1.82, 2.24) is 24.9 Å². The van der Waals surface area contributed by atoms with Gasteiger partial charge in [0.25, 0.3) is 0 Å². The number of nitrogen functional groups attached to an aromatic ring is 1. The van der Waals surface area contributed by atoms with E-state index in [0.29, 0.717) is 29.9 Å². The van der Waals surface area contributed by atoms with Gasteiger partial charge < -0.3 is 20.1 Å². The normalized spacial score (nSPS) is 15.5. The Balaban J connectivity index is 1.45. The topological polar surface area (TPSA) is 108 Å². The summed E-state index contributed by atoms with van der Waals surface area (Å²) in [4.78, 5) is 18.3. The molecule has 0 spiro atoms. The molecule has 1 saturated heterocycles. The van der Waals surface area contributed by atoms with Gasteiger partial charge in [0.1, 0.15) is 23.2 Å². The summed E-state index contributed by atoms with van der Waals surface area (Å²) in [6.07, 6.45) is 3.86. The predicted molar refractivity (Wildman–Crippen MR) is 139 cm³/mol. The number of hydrogen-bond acceptors (Lipinski definition) is 7. The molecule has 1 aliphatic rings. The van der Waals surface area contributed by atoms with E-state index in [9.17, 15) is 9.18 Å². The molecule has 4 rings (SSSR count). The number of anilines is 1. The first-order chi connectivity index (χ1) is 17.4. The van der Waals surface area contributed by atoms with Crippen molar-refractivity contribution >= 4 is 35.1 Å². The number of nitrogens with zero attached hydrogens (tertiary/aromatic N) is 5. The molecule has 2 aromatic heterocycles. The van der Waals surface area contributed by atoms with Gasteiger partial charge in [0.15, 0.2) is 11.6 Å². The number of carbonyl (C=O) groups excluding carboxylic acids is 1. The second kappa shape index (κ2) is 10.7. The highest BCUT2D eigenvalue weighted by molar-refractivity contribution is 6.36. The molecule has 1 aliphatic heterocycles. The number of amides is 1. The molecular weight excluding hydrogens is 522 g/mol. The molecular formula is C25H29Cl2FN6O3. The summed E-state index contributed by atoms with van der Waals surface area (Å²) in [5.74, 6) is -0.160. The van der Waals surface area contributed by atoms with Gasteiger partial charge in [0, 0.05) is 35.4 Å². The van der Waals surface area contributed by atoms with Crippen LogP contribution in [-0.4, -0.2) is 49.7 Å². The van der Waals surface area contributed by atoms with Crippen LogP contribution in [0.5, 0.6) is 5.75 Å². The molecule has 0 unspecified atom stereocenters. The van der Waals surface area contributed by atoms with Gasteiger partial charge in [-0.05, 0) is 58.7 Å². The van der Waals surface area contributed by atoms with Gasteiger partial charge in [-0.1, -0.05) is 28.4 Å². The Morgan fingerprint density at radius 1 is 1.24 bits per heavy atom. The van der Waals surface area contributed by atoms with E-state index in [1.807, 2.05) is 27.0 Å². The van der Waals surface area contributed by atoms with E-state index in [0.717, 1.165) is 12.8 Å². The molecule has 12 heteroatoms. The van der Waals surface area contributed by atoms with Crippen LogP contribution in [0.25, 0.3) is 11.3 Å². The average molecular weight is 551 g/mol. The predicted octanol–water partition coefficient (Wildman–Crippen LogP) is 6.08. The SMILES string of the molecule is C[C@H](Oc1cc(-c2cn(C3CCN(C(=O)OC(C)(C)C)CC3)nn2)cnc1N)c1c(Cl)ccc(F)c1Cl. The molecule has 37 heavy (non-hydrogen) atoms. The second-order valence-corrected chi connectivity index (χ2v) is 10.7. The third-order valence-electron chi connectivity index (χ3n) is 5.97. The average Bonchev–Trinajstić information content (AvgIpc) is 3.32. The highest BCUT2D eigenvalue weighted by Gasteiger charge is 2.28. The number of nitrogens with two attached hydrogens (primary N) is 1. The first-order valence-electron chi connectivity index (χ1n) is 11.9. The number of halogens is 3. The standard InChI is InChI=1S/C25H29Cl2FN6O3/c1-14(21-17(26)5-6-18(28)22(21)27)36-20-11-15(12-30-23(20)29)19-13-34(32-31-19)16-7-9-33(10-8-16)24(35)37-25(2,3)4/h5-6,11-14,16H,7-10H2,1-4H3,(H2,29,30)/t14-/m0/s1. The molecule has 2 N–H and O–H groups in total. The monoisotopic (exact) mass is 550 g/mol. The van der Waals surface area contributed by atoms with Crippen LogP contribution < -0.4 is 10.5 Å². The van der Waals surface area contributed by atoms with Crippen molar-refractivity contribution in [2.75, 3.05) is 18.8 Å². The van der Waals surface area contributed by atoms with E-state index in [4.69, 9.17) is 38.4 Å². The summed E-state index contributed by atoms with van der Waals surface area (Å²) in [5, 5.41) is 8.76. The molecule has 1 amide bonds. The number of rotatable bonds is 5. The first kappa shape index (κ1) is 26.9.